The molecule has 0 unspecified atom stereocenters. The minimum Gasteiger partial charge on any atom is -0.379 e. The molecule has 1 saturated heterocycles. The molecule has 1 fully saturated rings. The molecule has 0 atom stereocenters. The summed E-state index contributed by atoms with van der Waals surface area (Å²) in [5.41, 5.74) is 4.30. The van der Waals surface area contributed by atoms with Crippen LogP contribution in [0.4, 0.5) is 8.78 Å². The van der Waals surface area contributed by atoms with Crippen LogP contribution in [-0.2, 0) is 23.1 Å². The molecule has 2 heterocycles. The average molecular weight is 525 g/mol. The van der Waals surface area contributed by atoms with Crippen LogP contribution in [0.3, 0.4) is 0 Å². The van der Waals surface area contributed by atoms with E-state index in [0.29, 0.717) is 5.92 Å². The number of aryl methyl sites for hydroxylation is 3. The van der Waals surface area contributed by atoms with Crippen molar-refractivity contribution in [2.75, 3.05) is 20.1 Å². The van der Waals surface area contributed by atoms with Crippen LogP contribution in [0.25, 0.3) is 10.9 Å². The maximum Gasteiger partial charge on any atom is 0.342 e. The van der Waals surface area contributed by atoms with Gasteiger partial charge < -0.3 is 13.7 Å². The maximum absolute atomic E-state index is 14.3. The highest BCUT2D eigenvalue weighted by molar-refractivity contribution is 7.87. The third-order valence-electron chi connectivity index (χ3n) is 7.20. The second kappa shape index (κ2) is 10.3. The predicted octanol–water partition coefficient (Wildman–Crippen LogP) is 6.05. The molecule has 5 nitrogen and oxygen atoms in total. The molecule has 0 saturated carbocycles. The van der Waals surface area contributed by atoms with Crippen molar-refractivity contribution in [3.05, 3.63) is 95.2 Å². The summed E-state index contributed by atoms with van der Waals surface area (Å²) in [5, 5.41) is 0.938. The van der Waals surface area contributed by atoms with Crippen molar-refractivity contribution in [2.24, 2.45) is 0 Å². The molecule has 0 N–H and O–H groups in total. The Morgan fingerprint density at radius 3 is 2.46 bits per heavy atom. The monoisotopic (exact) mass is 524 g/mol. The van der Waals surface area contributed by atoms with E-state index in [1.807, 2.05) is 25.1 Å². The van der Waals surface area contributed by atoms with E-state index in [0.717, 1.165) is 73.6 Å². The summed E-state index contributed by atoms with van der Waals surface area (Å²) in [6.45, 7) is 4.68. The van der Waals surface area contributed by atoms with Crippen LogP contribution in [0, 0.1) is 18.6 Å². The molecule has 1 aliphatic rings. The van der Waals surface area contributed by atoms with Crippen LogP contribution in [0.5, 0.6) is 5.75 Å². The average Bonchev–Trinajstić information content (AvgIpc) is 3.24. The van der Waals surface area contributed by atoms with Gasteiger partial charge >= 0.3 is 10.1 Å². The van der Waals surface area contributed by atoms with E-state index in [-0.39, 0.29) is 5.75 Å². The fourth-order valence-electron chi connectivity index (χ4n) is 5.26. The van der Waals surface area contributed by atoms with E-state index in [4.69, 9.17) is 4.18 Å². The van der Waals surface area contributed by atoms with Crippen molar-refractivity contribution in [3.8, 4) is 5.75 Å². The molecule has 3 aromatic carbocycles. The molecule has 4 aromatic rings. The first-order valence-electron chi connectivity index (χ1n) is 12.5. The standard InChI is InChI=1S/C29H30F2N2O3S/c1-20-17-23(36-37(34,35)27-10-6-9-26(30)28(27)31)18-24-25(22-12-14-32(2)15-13-22)19-33(29(20)24)16-11-21-7-4-3-5-8-21/h3-10,17-19,22H,11-16H2,1-2H3. The number of hydrogen-bond donors (Lipinski definition) is 0. The van der Waals surface area contributed by atoms with Crippen molar-refractivity contribution in [3.63, 3.8) is 0 Å². The lowest BCUT2D eigenvalue weighted by atomic mass is 9.89. The van der Waals surface area contributed by atoms with Crippen LogP contribution in [0.15, 0.2) is 71.8 Å². The van der Waals surface area contributed by atoms with Crippen molar-refractivity contribution in [1.82, 2.24) is 9.47 Å². The smallest absolute Gasteiger partial charge is 0.342 e. The van der Waals surface area contributed by atoms with Gasteiger partial charge in [0.05, 0.1) is 5.52 Å². The molecule has 0 aliphatic carbocycles. The molecule has 0 spiro atoms. The third-order valence-corrected chi connectivity index (χ3v) is 8.47. The molecular weight excluding hydrogens is 494 g/mol. The first-order valence-corrected chi connectivity index (χ1v) is 13.9. The van der Waals surface area contributed by atoms with Crippen molar-refractivity contribution in [2.45, 2.75) is 43.5 Å². The molecule has 0 radical (unpaired) electrons. The van der Waals surface area contributed by atoms with Crippen molar-refractivity contribution in [1.29, 1.82) is 0 Å². The van der Waals surface area contributed by atoms with Gasteiger partial charge in [0, 0.05) is 18.1 Å². The molecular formula is C29H30F2N2O3S. The van der Waals surface area contributed by atoms with Gasteiger partial charge in [0.2, 0.25) is 0 Å². The number of aromatic nitrogens is 1. The zero-order valence-electron chi connectivity index (χ0n) is 21.0. The van der Waals surface area contributed by atoms with Gasteiger partial charge in [0.1, 0.15) is 10.6 Å². The van der Waals surface area contributed by atoms with Crippen LogP contribution in [0.2, 0.25) is 0 Å². The highest BCUT2D eigenvalue weighted by Crippen LogP contribution is 2.38. The van der Waals surface area contributed by atoms with Crippen LogP contribution < -0.4 is 4.18 Å². The molecule has 194 valence electrons. The van der Waals surface area contributed by atoms with E-state index < -0.39 is 26.6 Å². The number of likely N-dealkylation sites (tertiary alicyclic amines) is 1. The van der Waals surface area contributed by atoms with Crippen molar-refractivity contribution >= 4 is 21.0 Å². The van der Waals surface area contributed by atoms with E-state index in [1.54, 1.807) is 12.1 Å². The maximum atomic E-state index is 14.3. The summed E-state index contributed by atoms with van der Waals surface area (Å²) in [5.74, 6) is -2.26. The normalized spacial score (nSPS) is 15.4. The Morgan fingerprint density at radius 2 is 1.73 bits per heavy atom. The minimum absolute atomic E-state index is 0.0867. The van der Waals surface area contributed by atoms with Gasteiger partial charge in [-0.05, 0) is 93.2 Å². The summed E-state index contributed by atoms with van der Waals surface area (Å²) in [6.07, 6.45) is 5.07. The van der Waals surface area contributed by atoms with E-state index in [9.17, 15) is 17.2 Å². The number of benzene rings is 3. The zero-order valence-corrected chi connectivity index (χ0v) is 21.8. The zero-order chi connectivity index (χ0) is 26.2. The first kappa shape index (κ1) is 25.4. The Bertz CT molecular complexity index is 1530. The quantitative estimate of drug-likeness (QED) is 0.276. The fraction of sp³-hybridized carbons (Fsp3) is 0.310. The summed E-state index contributed by atoms with van der Waals surface area (Å²) in [6, 6.07) is 16.7. The molecule has 5 rings (SSSR count). The minimum atomic E-state index is -4.56. The molecule has 37 heavy (non-hydrogen) atoms. The number of nitrogens with zero attached hydrogens (tertiary/aromatic N) is 2. The predicted molar refractivity (Wildman–Crippen MR) is 140 cm³/mol. The number of fused-ring (bicyclic) bond motifs is 1. The lowest BCUT2D eigenvalue weighted by Gasteiger charge is -2.28. The van der Waals surface area contributed by atoms with Gasteiger partial charge in [0.25, 0.3) is 0 Å². The highest BCUT2D eigenvalue weighted by atomic mass is 32.2. The van der Waals surface area contributed by atoms with Crippen LogP contribution >= 0.6 is 0 Å². The largest absolute Gasteiger partial charge is 0.379 e. The summed E-state index contributed by atoms with van der Waals surface area (Å²) in [4.78, 5) is 1.49. The van der Waals surface area contributed by atoms with Gasteiger partial charge in [-0.3, -0.25) is 0 Å². The number of piperidine rings is 1. The van der Waals surface area contributed by atoms with Gasteiger partial charge in [-0.2, -0.15) is 8.42 Å². The van der Waals surface area contributed by atoms with Gasteiger partial charge in [-0.15, -0.1) is 0 Å². The Hall–Kier alpha value is -3.23. The summed E-state index contributed by atoms with van der Waals surface area (Å²) in [7, 11) is -2.45. The Morgan fingerprint density at radius 1 is 1.00 bits per heavy atom. The summed E-state index contributed by atoms with van der Waals surface area (Å²) < 4.78 is 61.3. The van der Waals surface area contributed by atoms with Crippen LogP contribution in [-0.4, -0.2) is 38.0 Å². The third kappa shape index (κ3) is 5.26. The molecule has 1 aromatic heterocycles. The van der Waals surface area contributed by atoms with E-state index >= 15 is 0 Å². The lowest BCUT2D eigenvalue weighted by molar-refractivity contribution is 0.256. The Balaban J connectivity index is 1.54. The van der Waals surface area contributed by atoms with Gasteiger partial charge in [-0.25, -0.2) is 8.78 Å². The Labute approximate surface area is 216 Å². The molecule has 8 heteroatoms. The second-order valence-corrected chi connectivity index (χ2v) is 11.3. The topological polar surface area (TPSA) is 51.5 Å². The second-order valence-electron chi connectivity index (χ2n) is 9.82. The lowest BCUT2D eigenvalue weighted by Crippen LogP contribution is -2.29. The highest BCUT2D eigenvalue weighted by Gasteiger charge is 2.26. The van der Waals surface area contributed by atoms with Crippen molar-refractivity contribution < 1.29 is 21.4 Å². The first-order chi connectivity index (χ1) is 17.7. The van der Waals surface area contributed by atoms with Gasteiger partial charge in [0.15, 0.2) is 11.6 Å². The summed E-state index contributed by atoms with van der Waals surface area (Å²) >= 11 is 0. The number of halogens is 2. The molecule has 0 amide bonds. The van der Waals surface area contributed by atoms with E-state index in [1.165, 1.54) is 11.1 Å². The van der Waals surface area contributed by atoms with Crippen LogP contribution in [0.1, 0.15) is 35.4 Å². The Kier molecular flexibility index (Phi) is 7.05. The van der Waals surface area contributed by atoms with Gasteiger partial charge in [-0.1, -0.05) is 36.4 Å². The molecule has 1 aliphatic heterocycles. The number of rotatable bonds is 7. The fourth-order valence-corrected chi connectivity index (χ4v) is 6.26. The SMILES string of the molecule is Cc1cc(OS(=O)(=O)c2cccc(F)c2F)cc2c(C3CCN(C)CC3)cn(CCc3ccccc3)c12. The number of hydrogen-bond acceptors (Lipinski definition) is 4. The molecule has 0 bridgehead atoms. The van der Waals surface area contributed by atoms with E-state index in [2.05, 4.69) is 34.8 Å².